The monoisotopic (exact) mass is 282 g/mol. The van der Waals surface area contributed by atoms with Crippen LogP contribution in [0.3, 0.4) is 0 Å². The first-order valence-corrected chi connectivity index (χ1v) is 5.73. The molecule has 0 aliphatic rings. The zero-order valence-corrected chi connectivity index (χ0v) is 10.4. The summed E-state index contributed by atoms with van der Waals surface area (Å²) in [5, 5.41) is 8.65. The van der Waals surface area contributed by atoms with E-state index in [9.17, 15) is 4.79 Å². The lowest BCUT2D eigenvalue weighted by atomic mass is 10.2. The van der Waals surface area contributed by atoms with Crippen molar-refractivity contribution >= 4 is 27.5 Å². The molecule has 0 amide bonds. The molecule has 0 unspecified atom stereocenters. The van der Waals surface area contributed by atoms with Gasteiger partial charge in [0.05, 0.1) is 16.7 Å². The fourth-order valence-corrected chi connectivity index (χ4v) is 2.30. The van der Waals surface area contributed by atoms with Crippen LogP contribution in [0.25, 0.3) is 5.65 Å². The van der Waals surface area contributed by atoms with Crippen LogP contribution >= 0.6 is 15.9 Å². The number of aryl methyl sites for hydroxylation is 2. The molecule has 0 aliphatic heterocycles. The number of halogens is 1. The lowest BCUT2D eigenvalue weighted by Gasteiger charge is -1.99. The molecule has 0 spiro atoms. The number of pyridine rings is 1. The largest absolute Gasteiger partial charge is 0.481 e. The smallest absolute Gasteiger partial charge is 0.303 e. The molecule has 0 saturated carbocycles. The standard InChI is InChI=1S/C11H11BrN2O2/c1-7-8(5-6-11(15)16)13-10-4-2-3-9(12)14(7)10/h2-4H,5-6H2,1H3,(H,15,16). The molecule has 0 saturated heterocycles. The summed E-state index contributed by atoms with van der Waals surface area (Å²) >= 11 is 3.45. The van der Waals surface area contributed by atoms with E-state index in [2.05, 4.69) is 20.9 Å². The van der Waals surface area contributed by atoms with Gasteiger partial charge < -0.3 is 5.11 Å². The average molecular weight is 283 g/mol. The van der Waals surface area contributed by atoms with Crippen LogP contribution in [0.5, 0.6) is 0 Å². The van der Waals surface area contributed by atoms with Gasteiger partial charge in [0.1, 0.15) is 5.65 Å². The van der Waals surface area contributed by atoms with Gasteiger partial charge in [0, 0.05) is 12.1 Å². The van der Waals surface area contributed by atoms with E-state index in [0.717, 1.165) is 21.6 Å². The van der Waals surface area contributed by atoms with Crippen LogP contribution in [0.2, 0.25) is 0 Å². The van der Waals surface area contributed by atoms with Gasteiger partial charge in [-0.15, -0.1) is 0 Å². The quantitative estimate of drug-likeness (QED) is 0.880. The highest BCUT2D eigenvalue weighted by molar-refractivity contribution is 9.10. The summed E-state index contributed by atoms with van der Waals surface area (Å²) in [6, 6.07) is 5.75. The lowest BCUT2D eigenvalue weighted by Crippen LogP contribution is -1.99. The van der Waals surface area contributed by atoms with Gasteiger partial charge in [0.2, 0.25) is 0 Å². The number of imidazole rings is 1. The Labute approximate surface area is 101 Å². The van der Waals surface area contributed by atoms with Crippen LogP contribution in [-0.4, -0.2) is 20.5 Å². The third-order valence-corrected chi connectivity index (χ3v) is 3.12. The fraction of sp³-hybridized carbons (Fsp3) is 0.273. The molecular formula is C11H11BrN2O2. The molecule has 5 heteroatoms. The number of hydrogen-bond donors (Lipinski definition) is 1. The van der Waals surface area contributed by atoms with Gasteiger partial charge in [-0.1, -0.05) is 6.07 Å². The second kappa shape index (κ2) is 4.25. The van der Waals surface area contributed by atoms with Gasteiger partial charge in [-0.3, -0.25) is 9.20 Å². The first kappa shape index (κ1) is 11.1. The summed E-state index contributed by atoms with van der Waals surface area (Å²) in [7, 11) is 0. The van der Waals surface area contributed by atoms with E-state index in [1.807, 2.05) is 29.5 Å². The highest BCUT2D eigenvalue weighted by Gasteiger charge is 2.10. The van der Waals surface area contributed by atoms with E-state index in [1.165, 1.54) is 0 Å². The molecule has 16 heavy (non-hydrogen) atoms. The number of hydrogen-bond acceptors (Lipinski definition) is 2. The molecule has 0 atom stereocenters. The maximum absolute atomic E-state index is 10.5. The van der Waals surface area contributed by atoms with E-state index >= 15 is 0 Å². The molecule has 84 valence electrons. The third kappa shape index (κ3) is 1.95. The Kier molecular flexibility index (Phi) is 2.96. The van der Waals surface area contributed by atoms with Gasteiger partial charge in [-0.05, 0) is 35.0 Å². The van der Waals surface area contributed by atoms with Crippen LogP contribution in [0.15, 0.2) is 22.8 Å². The third-order valence-electron chi connectivity index (χ3n) is 2.50. The molecule has 2 heterocycles. The summed E-state index contributed by atoms with van der Waals surface area (Å²) < 4.78 is 2.90. The van der Waals surface area contributed by atoms with Crippen LogP contribution in [0.1, 0.15) is 17.8 Å². The predicted molar refractivity (Wildman–Crippen MR) is 63.6 cm³/mol. The zero-order valence-electron chi connectivity index (χ0n) is 8.77. The van der Waals surface area contributed by atoms with Crippen LogP contribution in [-0.2, 0) is 11.2 Å². The molecule has 1 N–H and O–H groups in total. The molecule has 0 aromatic carbocycles. The summed E-state index contributed by atoms with van der Waals surface area (Å²) in [5.41, 5.74) is 2.67. The van der Waals surface area contributed by atoms with Crippen molar-refractivity contribution in [1.82, 2.24) is 9.38 Å². The van der Waals surface area contributed by atoms with Gasteiger partial charge in [0.15, 0.2) is 0 Å². The Hall–Kier alpha value is -1.36. The van der Waals surface area contributed by atoms with Crippen molar-refractivity contribution in [3.63, 3.8) is 0 Å². The Morgan fingerprint density at radius 1 is 1.56 bits per heavy atom. The Morgan fingerprint density at radius 3 is 2.94 bits per heavy atom. The number of aromatic nitrogens is 2. The fourth-order valence-electron chi connectivity index (χ4n) is 1.70. The minimum Gasteiger partial charge on any atom is -0.481 e. The summed E-state index contributed by atoms with van der Waals surface area (Å²) in [4.78, 5) is 14.9. The minimum absolute atomic E-state index is 0.113. The van der Waals surface area contributed by atoms with E-state index in [1.54, 1.807) is 0 Å². The van der Waals surface area contributed by atoms with E-state index in [4.69, 9.17) is 5.11 Å². The average Bonchev–Trinajstić information content (AvgIpc) is 2.54. The van der Waals surface area contributed by atoms with Crippen molar-refractivity contribution in [3.8, 4) is 0 Å². The van der Waals surface area contributed by atoms with Crippen molar-refractivity contribution in [2.45, 2.75) is 19.8 Å². The Morgan fingerprint density at radius 2 is 2.31 bits per heavy atom. The van der Waals surface area contributed by atoms with E-state index < -0.39 is 5.97 Å². The zero-order chi connectivity index (χ0) is 11.7. The second-order valence-corrected chi connectivity index (χ2v) is 4.39. The summed E-state index contributed by atoms with van der Waals surface area (Å²) in [6.45, 7) is 1.95. The van der Waals surface area contributed by atoms with Crippen molar-refractivity contribution in [3.05, 3.63) is 34.2 Å². The SMILES string of the molecule is Cc1c(CCC(=O)O)nc2cccc(Br)n12. The summed E-state index contributed by atoms with van der Waals surface area (Å²) in [6.07, 6.45) is 0.581. The molecule has 2 aromatic heterocycles. The van der Waals surface area contributed by atoms with E-state index in [0.29, 0.717) is 6.42 Å². The first-order valence-electron chi connectivity index (χ1n) is 4.94. The van der Waals surface area contributed by atoms with Crippen molar-refractivity contribution < 1.29 is 9.90 Å². The van der Waals surface area contributed by atoms with E-state index in [-0.39, 0.29) is 6.42 Å². The number of fused-ring (bicyclic) bond motifs is 1. The molecule has 0 radical (unpaired) electrons. The number of carboxylic acids is 1. The highest BCUT2D eigenvalue weighted by atomic mass is 79.9. The molecule has 0 bridgehead atoms. The lowest BCUT2D eigenvalue weighted by molar-refractivity contribution is -0.136. The highest BCUT2D eigenvalue weighted by Crippen LogP contribution is 2.19. The van der Waals surface area contributed by atoms with Crippen molar-refractivity contribution in [1.29, 1.82) is 0 Å². The predicted octanol–water partition coefficient (Wildman–Crippen LogP) is 2.42. The van der Waals surface area contributed by atoms with Crippen LogP contribution in [0.4, 0.5) is 0 Å². The summed E-state index contributed by atoms with van der Waals surface area (Å²) in [5.74, 6) is -0.796. The number of nitrogens with zero attached hydrogens (tertiary/aromatic N) is 2. The molecule has 0 fully saturated rings. The van der Waals surface area contributed by atoms with Gasteiger partial charge in [-0.25, -0.2) is 4.98 Å². The van der Waals surface area contributed by atoms with Gasteiger partial charge in [-0.2, -0.15) is 0 Å². The number of carbonyl (C=O) groups is 1. The Bertz CT molecular complexity index is 548. The van der Waals surface area contributed by atoms with Gasteiger partial charge >= 0.3 is 5.97 Å². The topological polar surface area (TPSA) is 54.6 Å². The minimum atomic E-state index is -0.796. The molecular weight excluding hydrogens is 272 g/mol. The molecule has 0 aliphatic carbocycles. The van der Waals surface area contributed by atoms with Crippen LogP contribution < -0.4 is 0 Å². The number of rotatable bonds is 3. The van der Waals surface area contributed by atoms with Crippen LogP contribution in [0, 0.1) is 6.92 Å². The van der Waals surface area contributed by atoms with Crippen molar-refractivity contribution in [2.75, 3.05) is 0 Å². The first-order chi connectivity index (χ1) is 7.59. The molecule has 2 aromatic rings. The number of carboxylic acid groups (broad SMARTS) is 1. The molecule has 4 nitrogen and oxygen atoms in total. The Balaban J connectivity index is 2.44. The normalized spacial score (nSPS) is 10.9. The second-order valence-electron chi connectivity index (χ2n) is 3.58. The maximum Gasteiger partial charge on any atom is 0.303 e. The van der Waals surface area contributed by atoms with Crippen molar-refractivity contribution in [2.24, 2.45) is 0 Å². The van der Waals surface area contributed by atoms with Gasteiger partial charge in [0.25, 0.3) is 0 Å². The number of aliphatic carboxylic acids is 1. The molecule has 2 rings (SSSR count). The maximum atomic E-state index is 10.5.